The molecular formula is C8H6FNOS. The summed E-state index contributed by atoms with van der Waals surface area (Å²) in [6.45, 7) is -0.627. The number of halogens is 1. The lowest BCUT2D eigenvalue weighted by Gasteiger charge is -1.93. The zero-order chi connectivity index (χ0) is 8.55. The SMILES string of the molecule is Oc1cccc2snc(CF)c12. The van der Waals surface area contributed by atoms with Crippen molar-refractivity contribution in [3.8, 4) is 5.75 Å². The summed E-state index contributed by atoms with van der Waals surface area (Å²) in [5, 5.41) is 9.92. The Morgan fingerprint density at radius 3 is 3.08 bits per heavy atom. The summed E-state index contributed by atoms with van der Waals surface area (Å²) >= 11 is 1.20. The van der Waals surface area contributed by atoms with Crippen molar-refractivity contribution in [2.24, 2.45) is 0 Å². The fraction of sp³-hybridized carbons (Fsp3) is 0.125. The maximum absolute atomic E-state index is 12.3. The first-order valence-electron chi connectivity index (χ1n) is 3.45. The zero-order valence-corrected chi connectivity index (χ0v) is 6.94. The number of hydrogen-bond acceptors (Lipinski definition) is 3. The number of aromatic nitrogens is 1. The van der Waals surface area contributed by atoms with Gasteiger partial charge in [-0.25, -0.2) is 4.39 Å². The van der Waals surface area contributed by atoms with E-state index in [2.05, 4.69) is 4.37 Å². The molecule has 0 aliphatic carbocycles. The van der Waals surface area contributed by atoms with Crippen LogP contribution in [-0.4, -0.2) is 9.48 Å². The van der Waals surface area contributed by atoms with Crippen LogP contribution in [0.4, 0.5) is 4.39 Å². The van der Waals surface area contributed by atoms with Gasteiger partial charge in [0.1, 0.15) is 12.4 Å². The number of aromatic hydroxyl groups is 1. The van der Waals surface area contributed by atoms with Gasteiger partial charge in [0.25, 0.3) is 0 Å². The summed E-state index contributed by atoms with van der Waals surface area (Å²) in [7, 11) is 0. The van der Waals surface area contributed by atoms with Crippen molar-refractivity contribution in [1.29, 1.82) is 0 Å². The van der Waals surface area contributed by atoms with Crippen LogP contribution in [-0.2, 0) is 6.67 Å². The van der Waals surface area contributed by atoms with E-state index in [9.17, 15) is 9.50 Å². The molecule has 2 rings (SSSR count). The summed E-state index contributed by atoms with van der Waals surface area (Å²) < 4.78 is 17.0. The number of alkyl halides is 1. The second-order valence-electron chi connectivity index (χ2n) is 2.41. The van der Waals surface area contributed by atoms with Crippen LogP contribution in [0.15, 0.2) is 18.2 Å². The Morgan fingerprint density at radius 1 is 1.50 bits per heavy atom. The van der Waals surface area contributed by atoms with Gasteiger partial charge in [0.2, 0.25) is 0 Å². The van der Waals surface area contributed by atoms with Crippen LogP contribution in [0.3, 0.4) is 0 Å². The van der Waals surface area contributed by atoms with Crippen LogP contribution in [0.2, 0.25) is 0 Å². The van der Waals surface area contributed by atoms with Crippen LogP contribution in [0.5, 0.6) is 5.75 Å². The first-order chi connectivity index (χ1) is 5.83. The molecule has 0 amide bonds. The Balaban J connectivity index is 2.83. The third-order valence-corrected chi connectivity index (χ3v) is 2.52. The molecule has 0 unspecified atom stereocenters. The van der Waals surface area contributed by atoms with Crippen molar-refractivity contribution < 1.29 is 9.50 Å². The van der Waals surface area contributed by atoms with Gasteiger partial charge in [-0.1, -0.05) is 6.07 Å². The molecule has 0 aliphatic heterocycles. The van der Waals surface area contributed by atoms with Gasteiger partial charge in [0, 0.05) is 0 Å². The third-order valence-electron chi connectivity index (χ3n) is 1.67. The van der Waals surface area contributed by atoms with Crippen LogP contribution < -0.4 is 0 Å². The van der Waals surface area contributed by atoms with Crippen LogP contribution in [0.1, 0.15) is 5.69 Å². The van der Waals surface area contributed by atoms with Gasteiger partial charge < -0.3 is 5.11 Å². The van der Waals surface area contributed by atoms with Crippen molar-refractivity contribution in [2.45, 2.75) is 6.67 Å². The number of hydrogen-bond donors (Lipinski definition) is 1. The van der Waals surface area contributed by atoms with Gasteiger partial charge in [-0.3, -0.25) is 0 Å². The van der Waals surface area contributed by atoms with Crippen LogP contribution in [0.25, 0.3) is 10.1 Å². The summed E-state index contributed by atoms with van der Waals surface area (Å²) in [5.41, 5.74) is 0.327. The number of rotatable bonds is 1. The Labute approximate surface area is 72.4 Å². The number of benzene rings is 1. The van der Waals surface area contributed by atoms with E-state index >= 15 is 0 Å². The molecule has 0 saturated heterocycles. The van der Waals surface area contributed by atoms with Gasteiger partial charge in [0.15, 0.2) is 0 Å². The molecular weight excluding hydrogens is 177 g/mol. The molecule has 0 atom stereocenters. The van der Waals surface area contributed by atoms with Gasteiger partial charge in [-0.05, 0) is 23.7 Å². The molecule has 62 valence electrons. The average molecular weight is 183 g/mol. The molecule has 0 aliphatic rings. The monoisotopic (exact) mass is 183 g/mol. The minimum atomic E-state index is -0.627. The maximum atomic E-state index is 12.3. The predicted molar refractivity (Wildman–Crippen MR) is 46.1 cm³/mol. The summed E-state index contributed by atoms with van der Waals surface area (Å²) in [6.07, 6.45) is 0. The molecule has 0 radical (unpaired) electrons. The molecule has 4 heteroatoms. The first kappa shape index (κ1) is 7.49. The number of phenolic OH excluding ortho intramolecular Hbond substituents is 1. The Hall–Kier alpha value is -1.16. The number of phenols is 1. The zero-order valence-electron chi connectivity index (χ0n) is 6.12. The van der Waals surface area contributed by atoms with Crippen molar-refractivity contribution in [2.75, 3.05) is 0 Å². The Bertz CT molecular complexity index is 412. The van der Waals surface area contributed by atoms with E-state index in [1.165, 1.54) is 17.6 Å². The van der Waals surface area contributed by atoms with E-state index in [1.807, 2.05) is 6.07 Å². The number of fused-ring (bicyclic) bond motifs is 1. The van der Waals surface area contributed by atoms with Gasteiger partial charge in [0.05, 0.1) is 15.8 Å². The van der Waals surface area contributed by atoms with E-state index in [0.29, 0.717) is 11.1 Å². The van der Waals surface area contributed by atoms with E-state index in [-0.39, 0.29) is 5.75 Å². The number of nitrogens with zero attached hydrogens (tertiary/aromatic N) is 1. The molecule has 1 N–H and O–H groups in total. The molecule has 2 nitrogen and oxygen atoms in total. The quantitative estimate of drug-likeness (QED) is 0.736. The second kappa shape index (κ2) is 2.71. The van der Waals surface area contributed by atoms with Crippen molar-refractivity contribution in [3.63, 3.8) is 0 Å². The smallest absolute Gasteiger partial charge is 0.133 e. The molecule has 1 heterocycles. The van der Waals surface area contributed by atoms with Crippen molar-refractivity contribution in [1.82, 2.24) is 4.37 Å². The van der Waals surface area contributed by atoms with E-state index in [1.54, 1.807) is 6.07 Å². The lowest BCUT2D eigenvalue weighted by Crippen LogP contribution is -1.77. The fourth-order valence-corrected chi connectivity index (χ4v) is 1.93. The van der Waals surface area contributed by atoms with E-state index in [4.69, 9.17) is 0 Å². The standard InChI is InChI=1S/C8H6FNOS/c9-4-5-8-6(11)2-1-3-7(8)12-10-5/h1-3,11H,4H2. The third kappa shape index (κ3) is 0.956. The highest BCUT2D eigenvalue weighted by Gasteiger charge is 2.08. The molecule has 1 aromatic heterocycles. The molecule has 0 spiro atoms. The maximum Gasteiger partial charge on any atom is 0.133 e. The topological polar surface area (TPSA) is 33.1 Å². The minimum absolute atomic E-state index is 0.105. The molecule has 0 saturated carbocycles. The highest BCUT2D eigenvalue weighted by molar-refractivity contribution is 7.13. The van der Waals surface area contributed by atoms with Crippen molar-refractivity contribution in [3.05, 3.63) is 23.9 Å². The highest BCUT2D eigenvalue weighted by Crippen LogP contribution is 2.30. The molecule has 1 aromatic carbocycles. The van der Waals surface area contributed by atoms with Gasteiger partial charge in [-0.2, -0.15) is 4.37 Å². The Kier molecular flexibility index (Phi) is 1.69. The Morgan fingerprint density at radius 2 is 2.33 bits per heavy atom. The van der Waals surface area contributed by atoms with Crippen LogP contribution in [0, 0.1) is 0 Å². The van der Waals surface area contributed by atoms with Gasteiger partial charge >= 0.3 is 0 Å². The largest absolute Gasteiger partial charge is 0.507 e. The predicted octanol–water partition coefficient (Wildman–Crippen LogP) is 2.47. The lowest BCUT2D eigenvalue weighted by atomic mass is 10.2. The van der Waals surface area contributed by atoms with E-state index < -0.39 is 6.67 Å². The molecule has 2 aromatic rings. The summed E-state index contributed by atoms with van der Waals surface area (Å²) in [4.78, 5) is 0. The second-order valence-corrected chi connectivity index (χ2v) is 3.22. The van der Waals surface area contributed by atoms with Gasteiger partial charge in [-0.15, -0.1) is 0 Å². The first-order valence-corrected chi connectivity index (χ1v) is 4.22. The highest BCUT2D eigenvalue weighted by atomic mass is 32.1. The van der Waals surface area contributed by atoms with Crippen LogP contribution >= 0.6 is 11.5 Å². The summed E-state index contributed by atoms with van der Waals surface area (Å²) in [5.74, 6) is 0.105. The van der Waals surface area contributed by atoms with E-state index in [0.717, 1.165) is 4.70 Å². The molecule has 0 bridgehead atoms. The minimum Gasteiger partial charge on any atom is -0.507 e. The summed E-state index contributed by atoms with van der Waals surface area (Å²) in [6, 6.07) is 5.07. The lowest BCUT2D eigenvalue weighted by molar-refractivity contribution is 0.469. The fourth-order valence-electron chi connectivity index (χ4n) is 1.13. The normalized spacial score (nSPS) is 10.8. The van der Waals surface area contributed by atoms with Crippen molar-refractivity contribution >= 4 is 21.6 Å². The molecule has 0 fully saturated rings. The molecule has 12 heavy (non-hydrogen) atoms. The average Bonchev–Trinajstić information content (AvgIpc) is 2.49.